The molecule has 0 saturated carbocycles. The Labute approximate surface area is 141 Å². The van der Waals surface area contributed by atoms with Gasteiger partial charge in [-0.2, -0.15) is 0 Å². The van der Waals surface area contributed by atoms with Crippen molar-refractivity contribution in [2.24, 2.45) is 4.99 Å². The first-order valence-electron chi connectivity index (χ1n) is 9.21. The van der Waals surface area contributed by atoms with Gasteiger partial charge in [0.1, 0.15) is 0 Å². The van der Waals surface area contributed by atoms with E-state index in [1.54, 1.807) is 0 Å². The lowest BCUT2D eigenvalue weighted by molar-refractivity contribution is 0.0194. The van der Waals surface area contributed by atoms with Gasteiger partial charge in [0.05, 0.1) is 13.2 Å². The van der Waals surface area contributed by atoms with E-state index in [4.69, 9.17) is 4.74 Å². The van der Waals surface area contributed by atoms with Gasteiger partial charge < -0.3 is 15.0 Å². The summed E-state index contributed by atoms with van der Waals surface area (Å²) in [5, 5.41) is 3.57. The largest absolute Gasteiger partial charge is 0.379 e. The molecule has 0 aromatic rings. The summed E-state index contributed by atoms with van der Waals surface area (Å²) in [4.78, 5) is 12.0. The minimum absolute atomic E-state index is 0.527. The van der Waals surface area contributed by atoms with Gasteiger partial charge in [0.2, 0.25) is 0 Å². The smallest absolute Gasteiger partial charge is 0.193 e. The lowest BCUT2D eigenvalue weighted by Gasteiger charge is -2.32. The second-order valence-corrected chi connectivity index (χ2v) is 6.54. The Morgan fingerprint density at radius 1 is 1.26 bits per heavy atom. The van der Waals surface area contributed by atoms with E-state index >= 15 is 0 Å². The monoisotopic (exact) mass is 325 g/mol. The first-order valence-corrected chi connectivity index (χ1v) is 9.21. The number of hydrogen-bond acceptors (Lipinski definition) is 4. The Morgan fingerprint density at radius 3 is 2.57 bits per heavy atom. The van der Waals surface area contributed by atoms with Crippen molar-refractivity contribution in [2.45, 2.75) is 39.3 Å². The third-order valence-corrected chi connectivity index (χ3v) is 5.23. The van der Waals surface area contributed by atoms with E-state index in [-0.39, 0.29) is 0 Å². The van der Waals surface area contributed by atoms with Gasteiger partial charge in [-0.05, 0) is 26.4 Å². The average Bonchev–Trinajstić information content (AvgIpc) is 3.07. The fraction of sp³-hybridized carbons (Fsp3) is 0.941. The van der Waals surface area contributed by atoms with Gasteiger partial charge in [-0.15, -0.1) is 0 Å². The highest BCUT2D eigenvalue weighted by Gasteiger charge is 2.30. The number of likely N-dealkylation sites (tertiary alicyclic amines) is 1. The maximum absolute atomic E-state index is 5.47. The molecule has 0 amide bonds. The summed E-state index contributed by atoms with van der Waals surface area (Å²) in [5.74, 6) is 1.06. The molecule has 23 heavy (non-hydrogen) atoms. The molecule has 0 aliphatic carbocycles. The van der Waals surface area contributed by atoms with E-state index in [0.717, 1.165) is 65.0 Å². The number of hydrogen-bond donors (Lipinski definition) is 1. The Balaban J connectivity index is 1.80. The molecule has 134 valence electrons. The molecule has 6 heteroatoms. The number of rotatable bonds is 6. The molecule has 0 aromatic heterocycles. The molecule has 0 spiro atoms. The lowest BCUT2D eigenvalue weighted by atomic mass is 10.2. The summed E-state index contributed by atoms with van der Waals surface area (Å²) < 4.78 is 5.47. The summed E-state index contributed by atoms with van der Waals surface area (Å²) >= 11 is 0. The van der Waals surface area contributed by atoms with E-state index < -0.39 is 0 Å². The van der Waals surface area contributed by atoms with Crippen molar-refractivity contribution in [1.82, 2.24) is 20.0 Å². The molecule has 2 heterocycles. The predicted octanol–water partition coefficient (Wildman–Crippen LogP) is 0.699. The second kappa shape index (κ2) is 9.45. The second-order valence-electron chi connectivity index (χ2n) is 6.54. The van der Waals surface area contributed by atoms with Gasteiger partial charge in [-0.25, -0.2) is 0 Å². The molecule has 0 radical (unpaired) electrons. The fourth-order valence-corrected chi connectivity index (χ4v) is 3.72. The van der Waals surface area contributed by atoms with Crippen LogP contribution in [0.5, 0.6) is 0 Å². The summed E-state index contributed by atoms with van der Waals surface area (Å²) in [6.07, 6.45) is 1.23. The van der Waals surface area contributed by atoms with Crippen molar-refractivity contribution >= 4 is 5.96 Å². The van der Waals surface area contributed by atoms with E-state index in [9.17, 15) is 0 Å². The quantitative estimate of drug-likeness (QED) is 0.575. The first-order chi connectivity index (χ1) is 11.2. The van der Waals surface area contributed by atoms with Crippen molar-refractivity contribution in [3.63, 3.8) is 0 Å². The summed E-state index contributed by atoms with van der Waals surface area (Å²) in [6.45, 7) is 16.0. The molecule has 2 saturated heterocycles. The van der Waals surface area contributed by atoms with Crippen LogP contribution < -0.4 is 5.32 Å². The highest BCUT2D eigenvalue weighted by molar-refractivity contribution is 5.80. The van der Waals surface area contributed by atoms with E-state index in [0.29, 0.717) is 12.1 Å². The van der Waals surface area contributed by atoms with E-state index in [1.807, 2.05) is 7.05 Å². The van der Waals surface area contributed by atoms with Crippen LogP contribution in [0.15, 0.2) is 4.99 Å². The molecule has 6 nitrogen and oxygen atoms in total. The highest BCUT2D eigenvalue weighted by atomic mass is 16.5. The van der Waals surface area contributed by atoms with Crippen LogP contribution in [-0.4, -0.2) is 98.8 Å². The first kappa shape index (κ1) is 18.5. The van der Waals surface area contributed by atoms with Gasteiger partial charge in [-0.1, -0.05) is 13.8 Å². The van der Waals surface area contributed by atoms with Crippen molar-refractivity contribution < 1.29 is 4.74 Å². The van der Waals surface area contributed by atoms with Crippen LogP contribution in [0.1, 0.15) is 27.2 Å². The highest BCUT2D eigenvalue weighted by Crippen LogP contribution is 2.17. The third-order valence-electron chi connectivity index (χ3n) is 5.23. The Morgan fingerprint density at radius 2 is 1.96 bits per heavy atom. The molecule has 2 aliphatic rings. The van der Waals surface area contributed by atoms with Gasteiger partial charge >= 0.3 is 0 Å². The molecule has 1 N–H and O–H groups in total. The number of aliphatic imine (C=N–C) groups is 1. The standard InChI is InChI=1S/C17H35N5O/c1-5-20(6-2)15(3)13-19-17(18-4)22-8-7-16(14-22)21-9-11-23-12-10-21/h15-16H,5-14H2,1-4H3,(H,18,19). The molecule has 2 atom stereocenters. The van der Waals surface area contributed by atoms with Crippen molar-refractivity contribution in [2.75, 3.05) is 66.1 Å². The van der Waals surface area contributed by atoms with Crippen LogP contribution in [-0.2, 0) is 4.74 Å². The summed E-state index contributed by atoms with van der Waals surface area (Å²) in [6, 6.07) is 1.18. The van der Waals surface area contributed by atoms with Crippen molar-refractivity contribution in [3.05, 3.63) is 0 Å². The predicted molar refractivity (Wildman–Crippen MR) is 96.1 cm³/mol. The number of nitrogens with one attached hydrogen (secondary N) is 1. The van der Waals surface area contributed by atoms with E-state index in [2.05, 4.69) is 45.8 Å². The normalized spacial score (nSPS) is 25.2. The van der Waals surface area contributed by atoms with Crippen LogP contribution in [0.3, 0.4) is 0 Å². The zero-order valence-corrected chi connectivity index (χ0v) is 15.4. The maximum Gasteiger partial charge on any atom is 0.193 e. The fourth-order valence-electron chi connectivity index (χ4n) is 3.72. The minimum Gasteiger partial charge on any atom is -0.379 e. The van der Waals surface area contributed by atoms with Crippen LogP contribution >= 0.6 is 0 Å². The van der Waals surface area contributed by atoms with Gasteiger partial charge in [-0.3, -0.25) is 14.8 Å². The topological polar surface area (TPSA) is 43.3 Å². The zero-order chi connectivity index (χ0) is 16.7. The molecule has 2 aliphatic heterocycles. The summed E-state index contributed by atoms with van der Waals surface area (Å²) in [5.41, 5.74) is 0. The van der Waals surface area contributed by atoms with Crippen molar-refractivity contribution in [1.29, 1.82) is 0 Å². The lowest BCUT2D eigenvalue weighted by Crippen LogP contribution is -2.49. The van der Waals surface area contributed by atoms with E-state index in [1.165, 1.54) is 6.42 Å². The molecular formula is C17H35N5O. The minimum atomic E-state index is 0.527. The Hall–Kier alpha value is -0.850. The van der Waals surface area contributed by atoms with Gasteiger partial charge in [0.15, 0.2) is 5.96 Å². The molecule has 2 rings (SSSR count). The number of likely N-dealkylation sites (N-methyl/N-ethyl adjacent to an activating group) is 1. The molecule has 0 aromatic carbocycles. The van der Waals surface area contributed by atoms with Crippen LogP contribution in [0.2, 0.25) is 0 Å². The number of guanidine groups is 1. The Bertz CT molecular complexity index is 366. The van der Waals surface area contributed by atoms with Gasteiger partial charge in [0.25, 0.3) is 0 Å². The maximum atomic E-state index is 5.47. The number of nitrogens with zero attached hydrogens (tertiary/aromatic N) is 4. The Kier molecular flexibility index (Phi) is 7.59. The number of morpholine rings is 1. The molecule has 0 bridgehead atoms. The molecule has 2 fully saturated rings. The van der Waals surface area contributed by atoms with Crippen molar-refractivity contribution in [3.8, 4) is 0 Å². The SMILES string of the molecule is CCN(CC)C(C)CNC(=NC)N1CCC(N2CCOCC2)C1. The zero-order valence-electron chi connectivity index (χ0n) is 15.4. The summed E-state index contributed by atoms with van der Waals surface area (Å²) in [7, 11) is 1.90. The average molecular weight is 326 g/mol. The van der Waals surface area contributed by atoms with Crippen LogP contribution in [0, 0.1) is 0 Å². The number of ether oxygens (including phenoxy) is 1. The third kappa shape index (κ3) is 5.06. The molecular weight excluding hydrogens is 290 g/mol. The van der Waals surface area contributed by atoms with Crippen LogP contribution in [0.4, 0.5) is 0 Å². The van der Waals surface area contributed by atoms with Crippen LogP contribution in [0.25, 0.3) is 0 Å². The molecule has 2 unspecified atom stereocenters. The van der Waals surface area contributed by atoms with Gasteiger partial charge in [0, 0.05) is 51.9 Å².